The second-order valence-corrected chi connectivity index (χ2v) is 9.32. The van der Waals surface area contributed by atoms with Crippen LogP contribution in [-0.4, -0.2) is 7.85 Å². The smallest absolute Gasteiger partial charge is 0.137 e. The first-order chi connectivity index (χ1) is 18.2. The minimum Gasteiger partial charge on any atom is -0.456 e. The molecule has 0 aliphatic rings. The average molecular weight is 471 g/mol. The van der Waals surface area contributed by atoms with Gasteiger partial charge in [-0.05, 0) is 70.4 Å². The monoisotopic (exact) mass is 471 g/mol. The van der Waals surface area contributed by atoms with Gasteiger partial charge in [0.05, 0.1) is 0 Å². The van der Waals surface area contributed by atoms with E-state index in [-0.39, 0.29) is 0 Å². The van der Waals surface area contributed by atoms with Gasteiger partial charge in [0, 0.05) is 33.9 Å². The Labute approximate surface area is 216 Å². The van der Waals surface area contributed by atoms with E-state index in [0.717, 1.165) is 55.4 Å². The topological polar surface area (TPSA) is 16.4 Å². The molecule has 0 bridgehead atoms. The fraction of sp³-hybridized carbons (Fsp3) is 0. The number of para-hydroxylation sites is 2. The number of hydrogen-bond acceptors (Lipinski definition) is 2. The molecule has 2 nitrogen and oxygen atoms in total. The van der Waals surface area contributed by atoms with Gasteiger partial charge in [0.25, 0.3) is 0 Å². The predicted octanol–water partition coefficient (Wildman–Crippen LogP) is 8.67. The second-order valence-electron chi connectivity index (χ2n) is 9.32. The van der Waals surface area contributed by atoms with Gasteiger partial charge in [0.15, 0.2) is 0 Å². The summed E-state index contributed by atoms with van der Waals surface area (Å²) in [6.45, 7) is 0. The van der Waals surface area contributed by atoms with Gasteiger partial charge in [-0.25, -0.2) is 0 Å². The minimum absolute atomic E-state index is 0.780. The quantitative estimate of drug-likeness (QED) is 0.239. The molecular weight excluding hydrogens is 449 g/mol. The van der Waals surface area contributed by atoms with Crippen LogP contribution < -0.4 is 10.4 Å². The van der Waals surface area contributed by atoms with Crippen molar-refractivity contribution in [1.82, 2.24) is 0 Å². The van der Waals surface area contributed by atoms with E-state index in [2.05, 4.69) is 108 Å². The van der Waals surface area contributed by atoms with Crippen molar-refractivity contribution in [1.29, 1.82) is 0 Å². The van der Waals surface area contributed by atoms with Crippen LogP contribution in [-0.2, 0) is 0 Å². The molecule has 7 aromatic rings. The van der Waals surface area contributed by atoms with Crippen molar-refractivity contribution in [2.45, 2.75) is 0 Å². The summed E-state index contributed by atoms with van der Waals surface area (Å²) < 4.78 is 6.22. The number of rotatable bonds is 4. The van der Waals surface area contributed by atoms with Crippen molar-refractivity contribution in [3.05, 3.63) is 133 Å². The van der Waals surface area contributed by atoms with Crippen LogP contribution in [0.1, 0.15) is 0 Å². The van der Waals surface area contributed by atoms with E-state index in [4.69, 9.17) is 12.3 Å². The van der Waals surface area contributed by atoms with Crippen molar-refractivity contribution < 1.29 is 4.42 Å². The highest BCUT2D eigenvalue weighted by Gasteiger charge is 2.16. The van der Waals surface area contributed by atoms with Crippen LogP contribution >= 0.6 is 0 Å². The largest absolute Gasteiger partial charge is 0.456 e. The predicted molar refractivity (Wildman–Crippen MR) is 157 cm³/mol. The van der Waals surface area contributed by atoms with Gasteiger partial charge in [0.1, 0.15) is 19.0 Å². The zero-order valence-electron chi connectivity index (χ0n) is 20.1. The van der Waals surface area contributed by atoms with E-state index in [1.165, 1.54) is 10.9 Å². The fourth-order valence-electron chi connectivity index (χ4n) is 5.15. The number of furan rings is 1. The summed E-state index contributed by atoms with van der Waals surface area (Å²) in [5.41, 5.74) is 8.10. The van der Waals surface area contributed by atoms with Gasteiger partial charge in [-0.3, -0.25) is 0 Å². The lowest BCUT2D eigenvalue weighted by atomic mass is 9.92. The van der Waals surface area contributed by atoms with E-state index in [9.17, 15) is 0 Å². The van der Waals surface area contributed by atoms with E-state index in [1.54, 1.807) is 0 Å². The summed E-state index contributed by atoms with van der Waals surface area (Å²) in [5, 5.41) is 4.57. The Balaban J connectivity index is 1.37. The van der Waals surface area contributed by atoms with Crippen LogP contribution in [0.25, 0.3) is 43.8 Å². The Morgan fingerprint density at radius 1 is 0.459 bits per heavy atom. The van der Waals surface area contributed by atoms with E-state index < -0.39 is 0 Å². The van der Waals surface area contributed by atoms with Gasteiger partial charge in [-0.1, -0.05) is 84.3 Å². The highest BCUT2D eigenvalue weighted by molar-refractivity contribution is 6.33. The van der Waals surface area contributed by atoms with Gasteiger partial charge in [-0.2, -0.15) is 0 Å². The lowest BCUT2D eigenvalue weighted by Crippen LogP contribution is -2.09. The summed E-state index contributed by atoms with van der Waals surface area (Å²) in [6.07, 6.45) is 0. The Kier molecular flexibility index (Phi) is 5.07. The third-order valence-corrected chi connectivity index (χ3v) is 6.94. The van der Waals surface area contributed by atoms with Crippen molar-refractivity contribution in [3.63, 3.8) is 0 Å². The number of fused-ring (bicyclic) bond motifs is 4. The summed E-state index contributed by atoms with van der Waals surface area (Å²) in [5.74, 6) is 0. The molecule has 7 rings (SSSR count). The van der Waals surface area contributed by atoms with Crippen molar-refractivity contribution >= 4 is 63.1 Å². The first-order valence-corrected chi connectivity index (χ1v) is 12.4. The molecule has 0 unspecified atom stereocenters. The number of nitrogens with zero attached hydrogens (tertiary/aromatic N) is 1. The molecule has 3 heteroatoms. The molecule has 0 fully saturated rings. The maximum Gasteiger partial charge on any atom is 0.137 e. The highest BCUT2D eigenvalue weighted by atomic mass is 16.3. The Morgan fingerprint density at radius 2 is 1.16 bits per heavy atom. The van der Waals surface area contributed by atoms with Gasteiger partial charge in [0.2, 0.25) is 0 Å². The second kappa shape index (κ2) is 8.72. The van der Waals surface area contributed by atoms with E-state index in [1.807, 2.05) is 30.3 Å². The molecule has 0 spiro atoms. The average Bonchev–Trinajstić information content (AvgIpc) is 3.32. The molecule has 0 aliphatic heterocycles. The standard InChI is InChI=1S/C34H22BNO/c35-27-16-15-25-19-24(13-14-26(25)20-27)23-7-6-10-29(21-23)36(28-8-2-1-3-9-28)30-17-18-32-31-11-4-5-12-33(31)37-34(32)22-30/h1-22H. The molecule has 0 amide bonds. The number of anilines is 3. The third-order valence-electron chi connectivity index (χ3n) is 6.94. The van der Waals surface area contributed by atoms with Gasteiger partial charge in [-0.15, -0.1) is 0 Å². The molecular formula is C34H22BNO. The SMILES string of the molecule is [B]c1ccc2cc(-c3cccc(N(c4ccccc4)c4ccc5c(c4)oc4ccccc45)c3)ccc2c1. The van der Waals surface area contributed by atoms with Gasteiger partial charge < -0.3 is 9.32 Å². The number of benzene rings is 6. The van der Waals surface area contributed by atoms with E-state index >= 15 is 0 Å². The molecule has 6 aromatic carbocycles. The molecule has 0 aliphatic carbocycles. The zero-order valence-corrected chi connectivity index (χ0v) is 20.1. The van der Waals surface area contributed by atoms with Crippen molar-refractivity contribution in [2.24, 2.45) is 0 Å². The molecule has 1 heterocycles. The highest BCUT2D eigenvalue weighted by Crippen LogP contribution is 2.39. The van der Waals surface area contributed by atoms with Gasteiger partial charge >= 0.3 is 0 Å². The Bertz CT molecular complexity index is 1900. The Hall–Kier alpha value is -4.76. The Morgan fingerprint density at radius 3 is 2.08 bits per heavy atom. The van der Waals surface area contributed by atoms with Crippen LogP contribution in [0.3, 0.4) is 0 Å². The van der Waals surface area contributed by atoms with Crippen LogP contribution in [0.5, 0.6) is 0 Å². The van der Waals surface area contributed by atoms with Crippen LogP contribution in [0, 0.1) is 0 Å². The van der Waals surface area contributed by atoms with E-state index in [0.29, 0.717) is 0 Å². The lowest BCUT2D eigenvalue weighted by Gasteiger charge is -2.26. The summed E-state index contributed by atoms with van der Waals surface area (Å²) in [6, 6.07) is 46.4. The molecule has 172 valence electrons. The fourth-order valence-corrected chi connectivity index (χ4v) is 5.15. The van der Waals surface area contributed by atoms with Crippen LogP contribution in [0.15, 0.2) is 138 Å². The molecule has 0 atom stereocenters. The summed E-state index contributed by atoms with van der Waals surface area (Å²) >= 11 is 0. The molecule has 0 N–H and O–H groups in total. The molecule has 0 saturated heterocycles. The normalized spacial score (nSPS) is 11.4. The maximum atomic E-state index is 6.22. The molecule has 1 aromatic heterocycles. The van der Waals surface area contributed by atoms with Crippen LogP contribution in [0.2, 0.25) is 0 Å². The maximum absolute atomic E-state index is 6.22. The zero-order chi connectivity index (χ0) is 24.8. The lowest BCUT2D eigenvalue weighted by molar-refractivity contribution is 0.669. The van der Waals surface area contributed by atoms with Crippen molar-refractivity contribution in [2.75, 3.05) is 4.90 Å². The summed E-state index contributed by atoms with van der Waals surface area (Å²) in [7, 11) is 5.98. The van der Waals surface area contributed by atoms with Crippen molar-refractivity contribution in [3.8, 4) is 11.1 Å². The molecule has 0 saturated carbocycles. The molecule has 37 heavy (non-hydrogen) atoms. The molecule has 2 radical (unpaired) electrons. The number of hydrogen-bond donors (Lipinski definition) is 0. The summed E-state index contributed by atoms with van der Waals surface area (Å²) in [4.78, 5) is 2.28. The van der Waals surface area contributed by atoms with Crippen LogP contribution in [0.4, 0.5) is 17.1 Å². The first-order valence-electron chi connectivity index (χ1n) is 12.4. The third kappa shape index (κ3) is 3.86. The minimum atomic E-state index is 0.780. The first kappa shape index (κ1) is 21.5.